The Kier molecular flexibility index (Phi) is 4.20. The van der Waals surface area contributed by atoms with Crippen molar-refractivity contribution in [3.63, 3.8) is 0 Å². The maximum absolute atomic E-state index is 5.33. The molecule has 0 aliphatic carbocycles. The largest absolute Gasteiger partial charge is 0.379 e. The fourth-order valence-corrected chi connectivity index (χ4v) is 2.46. The van der Waals surface area contributed by atoms with E-state index < -0.39 is 0 Å². The Morgan fingerprint density at radius 3 is 2.59 bits per heavy atom. The van der Waals surface area contributed by atoms with Gasteiger partial charge in [0.25, 0.3) is 0 Å². The summed E-state index contributed by atoms with van der Waals surface area (Å²) in [5.74, 6) is 0. The van der Waals surface area contributed by atoms with Crippen molar-refractivity contribution in [2.45, 2.75) is 33.9 Å². The van der Waals surface area contributed by atoms with Gasteiger partial charge in [-0.05, 0) is 32.4 Å². The molecule has 17 heavy (non-hydrogen) atoms. The Morgan fingerprint density at radius 1 is 1.29 bits per heavy atom. The molecule has 0 radical (unpaired) electrons. The third-order valence-electron chi connectivity index (χ3n) is 3.50. The number of rotatable bonds is 4. The second-order valence-electron chi connectivity index (χ2n) is 4.57. The number of aryl methyl sites for hydroxylation is 1. The van der Waals surface area contributed by atoms with Crippen molar-refractivity contribution in [2.75, 3.05) is 26.3 Å². The Morgan fingerprint density at radius 2 is 2.00 bits per heavy atom. The van der Waals surface area contributed by atoms with Gasteiger partial charge in [0.2, 0.25) is 0 Å². The van der Waals surface area contributed by atoms with Crippen LogP contribution in [0, 0.1) is 13.8 Å². The molecule has 0 amide bonds. The second-order valence-corrected chi connectivity index (χ2v) is 4.57. The van der Waals surface area contributed by atoms with Gasteiger partial charge in [0.05, 0.1) is 13.2 Å². The first-order valence-electron chi connectivity index (χ1n) is 6.44. The highest BCUT2D eigenvalue weighted by Crippen LogP contribution is 2.14. The van der Waals surface area contributed by atoms with Gasteiger partial charge >= 0.3 is 0 Å². The van der Waals surface area contributed by atoms with Gasteiger partial charge in [0.15, 0.2) is 0 Å². The molecular weight excluding hydrogens is 214 g/mol. The van der Waals surface area contributed by atoms with E-state index in [1.54, 1.807) is 0 Å². The Balaban J connectivity index is 1.94. The summed E-state index contributed by atoms with van der Waals surface area (Å²) in [7, 11) is 0. The molecule has 2 rings (SSSR count). The van der Waals surface area contributed by atoms with Crippen LogP contribution in [0.2, 0.25) is 0 Å². The van der Waals surface area contributed by atoms with Gasteiger partial charge in [-0.2, -0.15) is 0 Å². The lowest BCUT2D eigenvalue weighted by atomic mass is 10.2. The van der Waals surface area contributed by atoms with Crippen LogP contribution >= 0.6 is 0 Å². The number of hydrazine groups is 1. The SMILES string of the molecule is CCn1c(C)cc(CNN2CCOCC2)c1C. The van der Waals surface area contributed by atoms with Crippen molar-refractivity contribution in [3.8, 4) is 0 Å². The highest BCUT2D eigenvalue weighted by Gasteiger charge is 2.12. The molecule has 0 saturated carbocycles. The second kappa shape index (κ2) is 5.67. The van der Waals surface area contributed by atoms with Crippen molar-refractivity contribution in [3.05, 3.63) is 23.0 Å². The quantitative estimate of drug-likeness (QED) is 0.860. The molecule has 0 aromatic carbocycles. The summed E-state index contributed by atoms with van der Waals surface area (Å²) in [6.07, 6.45) is 0. The summed E-state index contributed by atoms with van der Waals surface area (Å²) < 4.78 is 7.69. The average Bonchev–Trinajstić information content (AvgIpc) is 2.63. The summed E-state index contributed by atoms with van der Waals surface area (Å²) in [4.78, 5) is 0. The summed E-state index contributed by atoms with van der Waals surface area (Å²) in [5, 5.41) is 2.25. The molecule has 1 aliphatic heterocycles. The van der Waals surface area contributed by atoms with Crippen LogP contribution in [0.4, 0.5) is 0 Å². The first-order chi connectivity index (χ1) is 8.22. The van der Waals surface area contributed by atoms with Crippen molar-refractivity contribution >= 4 is 0 Å². The maximum Gasteiger partial charge on any atom is 0.0608 e. The molecule has 96 valence electrons. The molecule has 0 bridgehead atoms. The van der Waals surface area contributed by atoms with E-state index in [1.165, 1.54) is 17.0 Å². The number of hydrogen-bond acceptors (Lipinski definition) is 3. The Labute approximate surface area is 104 Å². The fourth-order valence-electron chi connectivity index (χ4n) is 2.46. The van der Waals surface area contributed by atoms with Crippen LogP contribution in [0.15, 0.2) is 6.07 Å². The van der Waals surface area contributed by atoms with Crippen molar-refractivity contribution in [1.82, 2.24) is 15.0 Å². The summed E-state index contributed by atoms with van der Waals surface area (Å²) in [6.45, 7) is 12.2. The third-order valence-corrected chi connectivity index (χ3v) is 3.50. The highest BCUT2D eigenvalue weighted by atomic mass is 16.5. The topological polar surface area (TPSA) is 29.4 Å². The van der Waals surface area contributed by atoms with Crippen LogP contribution in [0.3, 0.4) is 0 Å². The van der Waals surface area contributed by atoms with Crippen LogP contribution in [-0.2, 0) is 17.8 Å². The fraction of sp³-hybridized carbons (Fsp3) is 0.692. The third kappa shape index (κ3) is 2.89. The summed E-state index contributed by atoms with van der Waals surface area (Å²) in [5.41, 5.74) is 7.61. The van der Waals surface area contributed by atoms with Gasteiger partial charge in [0, 0.05) is 37.6 Å². The Bertz CT molecular complexity index is 367. The molecule has 4 nitrogen and oxygen atoms in total. The van der Waals surface area contributed by atoms with Gasteiger partial charge in [-0.3, -0.25) is 5.43 Å². The van der Waals surface area contributed by atoms with E-state index in [4.69, 9.17) is 4.74 Å². The van der Waals surface area contributed by atoms with E-state index in [0.29, 0.717) is 0 Å². The summed E-state index contributed by atoms with van der Waals surface area (Å²) in [6, 6.07) is 2.28. The molecule has 1 aromatic rings. The maximum atomic E-state index is 5.33. The first kappa shape index (κ1) is 12.6. The van der Waals surface area contributed by atoms with Gasteiger partial charge in [-0.25, -0.2) is 5.01 Å². The molecule has 1 fully saturated rings. The minimum absolute atomic E-state index is 0.834. The van der Waals surface area contributed by atoms with E-state index in [2.05, 4.69) is 41.8 Å². The zero-order chi connectivity index (χ0) is 12.3. The minimum Gasteiger partial charge on any atom is -0.379 e. The van der Waals surface area contributed by atoms with Crippen LogP contribution in [0.5, 0.6) is 0 Å². The molecule has 2 heterocycles. The number of nitrogens with one attached hydrogen (secondary N) is 1. The normalized spacial score (nSPS) is 17.6. The zero-order valence-corrected chi connectivity index (χ0v) is 11.1. The standard InChI is InChI=1S/C13H23N3O/c1-4-16-11(2)9-13(12(16)3)10-14-15-5-7-17-8-6-15/h9,14H,4-8,10H2,1-3H3. The van der Waals surface area contributed by atoms with Crippen molar-refractivity contribution < 1.29 is 4.74 Å². The molecule has 4 heteroatoms. The molecule has 1 aliphatic rings. The number of aromatic nitrogens is 1. The number of nitrogens with zero attached hydrogens (tertiary/aromatic N) is 2. The average molecular weight is 237 g/mol. The predicted octanol–water partition coefficient (Wildman–Crippen LogP) is 1.46. The van der Waals surface area contributed by atoms with Gasteiger partial charge < -0.3 is 9.30 Å². The van der Waals surface area contributed by atoms with Crippen LogP contribution < -0.4 is 5.43 Å². The first-order valence-corrected chi connectivity index (χ1v) is 6.44. The van der Waals surface area contributed by atoms with Crippen LogP contribution in [-0.4, -0.2) is 35.9 Å². The van der Waals surface area contributed by atoms with E-state index in [9.17, 15) is 0 Å². The molecule has 1 N–H and O–H groups in total. The van der Waals surface area contributed by atoms with Gasteiger partial charge in [-0.15, -0.1) is 0 Å². The van der Waals surface area contributed by atoms with Crippen LogP contribution in [0.1, 0.15) is 23.9 Å². The van der Waals surface area contributed by atoms with E-state index in [-0.39, 0.29) is 0 Å². The Hall–Kier alpha value is -0.840. The van der Waals surface area contributed by atoms with E-state index >= 15 is 0 Å². The number of hydrogen-bond donors (Lipinski definition) is 1. The van der Waals surface area contributed by atoms with Crippen molar-refractivity contribution in [2.24, 2.45) is 0 Å². The van der Waals surface area contributed by atoms with E-state index in [0.717, 1.165) is 39.4 Å². The van der Waals surface area contributed by atoms with Crippen LogP contribution in [0.25, 0.3) is 0 Å². The van der Waals surface area contributed by atoms with E-state index in [1.807, 2.05) is 0 Å². The molecule has 1 aromatic heterocycles. The highest BCUT2D eigenvalue weighted by molar-refractivity contribution is 5.26. The lowest BCUT2D eigenvalue weighted by Gasteiger charge is -2.27. The van der Waals surface area contributed by atoms with Crippen molar-refractivity contribution in [1.29, 1.82) is 0 Å². The lowest BCUT2D eigenvalue weighted by Crippen LogP contribution is -2.45. The molecule has 1 saturated heterocycles. The lowest BCUT2D eigenvalue weighted by molar-refractivity contribution is 0.0105. The molecular formula is C13H23N3O. The van der Waals surface area contributed by atoms with Gasteiger partial charge in [0.1, 0.15) is 0 Å². The number of morpholine rings is 1. The summed E-state index contributed by atoms with van der Waals surface area (Å²) >= 11 is 0. The smallest absolute Gasteiger partial charge is 0.0608 e. The zero-order valence-electron chi connectivity index (χ0n) is 11.1. The van der Waals surface area contributed by atoms with Gasteiger partial charge in [-0.1, -0.05) is 0 Å². The molecule has 0 spiro atoms. The monoisotopic (exact) mass is 237 g/mol. The number of ether oxygens (including phenoxy) is 1. The minimum atomic E-state index is 0.834. The molecule has 0 unspecified atom stereocenters. The molecule has 0 atom stereocenters. The predicted molar refractivity (Wildman–Crippen MR) is 68.8 cm³/mol.